The molecule has 2 N–H and O–H groups in total. The zero-order valence-corrected chi connectivity index (χ0v) is 17.4. The lowest BCUT2D eigenvalue weighted by atomic mass is 9.84. The van der Waals surface area contributed by atoms with Gasteiger partial charge in [0.2, 0.25) is 0 Å². The third-order valence-electron chi connectivity index (χ3n) is 7.22. The average molecular weight is 403 g/mol. The lowest BCUT2D eigenvalue weighted by molar-refractivity contribution is 0.0161. The number of benzene rings is 2. The van der Waals surface area contributed by atoms with Gasteiger partial charge < -0.3 is 15.0 Å². The Morgan fingerprint density at radius 1 is 1.03 bits per heavy atom. The minimum Gasteiger partial charge on any atom is -0.378 e. The van der Waals surface area contributed by atoms with Gasteiger partial charge in [-0.1, -0.05) is 43.2 Å². The summed E-state index contributed by atoms with van der Waals surface area (Å²) in [6.07, 6.45) is 10.7. The molecule has 1 saturated heterocycles. The zero-order valence-electron chi connectivity index (χ0n) is 17.4. The smallest absolute Gasteiger partial charge is 0.0866 e. The first-order valence-electron chi connectivity index (χ1n) is 11.6. The van der Waals surface area contributed by atoms with E-state index in [2.05, 4.69) is 56.8 Å². The van der Waals surface area contributed by atoms with Crippen molar-refractivity contribution in [2.45, 2.75) is 69.7 Å². The normalized spacial score (nSPS) is 26.1. The Balaban J connectivity index is 1.51. The van der Waals surface area contributed by atoms with Crippen molar-refractivity contribution in [1.82, 2.24) is 10.2 Å². The summed E-state index contributed by atoms with van der Waals surface area (Å²) in [5.41, 5.74) is 6.40. The molecule has 2 aromatic carbocycles. The summed E-state index contributed by atoms with van der Waals surface area (Å²) in [5.74, 6) is 0. The highest BCUT2D eigenvalue weighted by Gasteiger charge is 2.38. The van der Waals surface area contributed by atoms with Crippen molar-refractivity contribution in [3.05, 3.63) is 53.7 Å². The van der Waals surface area contributed by atoms with Crippen LogP contribution in [0.2, 0.25) is 0 Å². The number of hydrogen-bond acceptors (Lipinski definition) is 4. The maximum atomic E-state index is 6.29. The molecule has 3 atom stereocenters. The molecular weight excluding hydrogens is 372 g/mol. The zero-order chi connectivity index (χ0) is 19.9. The Bertz CT molecular complexity index is 1020. The molecule has 3 aromatic rings. The lowest BCUT2D eigenvalue weighted by Gasteiger charge is -2.48. The highest BCUT2D eigenvalue weighted by Crippen LogP contribution is 2.48. The van der Waals surface area contributed by atoms with Crippen molar-refractivity contribution in [2.24, 2.45) is 0 Å². The molecule has 2 fully saturated rings. The van der Waals surface area contributed by atoms with Gasteiger partial charge in [-0.25, -0.2) is 0 Å². The van der Waals surface area contributed by atoms with Gasteiger partial charge in [-0.3, -0.25) is 5.10 Å². The minimum atomic E-state index is 0.142. The van der Waals surface area contributed by atoms with Crippen molar-refractivity contribution in [3.8, 4) is 0 Å². The Labute approximate surface area is 177 Å². The van der Waals surface area contributed by atoms with Gasteiger partial charge in [-0.15, -0.1) is 0 Å². The molecule has 0 amide bonds. The predicted molar refractivity (Wildman–Crippen MR) is 121 cm³/mol. The third-order valence-corrected chi connectivity index (χ3v) is 7.22. The molecule has 6 rings (SSSR count). The first-order valence-corrected chi connectivity index (χ1v) is 11.6. The van der Waals surface area contributed by atoms with Crippen LogP contribution in [0.4, 0.5) is 11.4 Å². The quantitative estimate of drug-likeness (QED) is 0.603. The van der Waals surface area contributed by atoms with Gasteiger partial charge in [0.1, 0.15) is 0 Å². The molecular formula is C25H30N4O. The van der Waals surface area contributed by atoms with Crippen LogP contribution in [-0.4, -0.2) is 28.9 Å². The second-order valence-electron chi connectivity index (χ2n) is 9.09. The fraction of sp³-hybridized carbons (Fsp3) is 0.480. The number of H-pyrrole nitrogens is 1. The molecule has 0 bridgehead atoms. The van der Waals surface area contributed by atoms with Crippen molar-refractivity contribution in [3.63, 3.8) is 0 Å². The monoisotopic (exact) mass is 402 g/mol. The van der Waals surface area contributed by atoms with Gasteiger partial charge in [0, 0.05) is 36.2 Å². The summed E-state index contributed by atoms with van der Waals surface area (Å²) in [7, 11) is 0. The standard InChI is InChI=1S/C25H30N4O/c1-2-8-17(9-3-1)16-29-20-11-5-4-10-19(20)27-25-21(29)14-18-15-26-28-24(18)23(25)22-12-6-7-13-30-22/h1-3,8-9,14-15,19-20,22,27H,4-7,10-13,16H2,(H,26,28)/t19-,20+,22?/m1/s1. The maximum absolute atomic E-state index is 6.29. The van der Waals surface area contributed by atoms with E-state index in [0.29, 0.717) is 12.1 Å². The van der Waals surface area contributed by atoms with Crippen LogP contribution < -0.4 is 10.2 Å². The molecule has 0 spiro atoms. The lowest BCUT2D eigenvalue weighted by Crippen LogP contribution is -2.52. The van der Waals surface area contributed by atoms with Crippen LogP contribution in [0.25, 0.3) is 10.9 Å². The first-order chi connectivity index (χ1) is 14.9. The summed E-state index contributed by atoms with van der Waals surface area (Å²) < 4.78 is 6.29. The van der Waals surface area contributed by atoms with E-state index < -0.39 is 0 Å². The Kier molecular flexibility index (Phi) is 4.64. The second kappa shape index (κ2) is 7.62. The van der Waals surface area contributed by atoms with E-state index in [1.54, 1.807) is 0 Å². The van der Waals surface area contributed by atoms with Gasteiger partial charge in [0.25, 0.3) is 0 Å². The van der Waals surface area contributed by atoms with Gasteiger partial charge in [-0.2, -0.15) is 5.10 Å². The number of nitrogens with one attached hydrogen (secondary N) is 2. The van der Waals surface area contributed by atoms with Gasteiger partial charge in [-0.05, 0) is 43.7 Å². The summed E-state index contributed by atoms with van der Waals surface area (Å²) >= 11 is 0. The van der Waals surface area contributed by atoms with E-state index in [0.717, 1.165) is 31.5 Å². The van der Waals surface area contributed by atoms with Gasteiger partial charge in [0.15, 0.2) is 0 Å². The van der Waals surface area contributed by atoms with Crippen molar-refractivity contribution >= 4 is 22.3 Å². The van der Waals surface area contributed by atoms with Crippen molar-refractivity contribution in [2.75, 3.05) is 16.8 Å². The SMILES string of the molecule is c1ccc(CN2c3cc4cn[nH]c4c(C4CCCCO4)c3N[C@@H]3CCCC[C@@H]32)cc1. The van der Waals surface area contributed by atoms with Crippen LogP contribution in [0, 0.1) is 0 Å². The maximum Gasteiger partial charge on any atom is 0.0866 e. The van der Waals surface area contributed by atoms with Crippen LogP contribution in [-0.2, 0) is 11.3 Å². The number of fused-ring (bicyclic) bond motifs is 3. The highest BCUT2D eigenvalue weighted by atomic mass is 16.5. The summed E-state index contributed by atoms with van der Waals surface area (Å²) in [4.78, 5) is 2.67. The predicted octanol–water partition coefficient (Wildman–Crippen LogP) is 5.55. The molecule has 5 nitrogen and oxygen atoms in total. The fourth-order valence-corrected chi connectivity index (χ4v) is 5.77. The third kappa shape index (κ3) is 3.07. The topological polar surface area (TPSA) is 53.2 Å². The molecule has 0 radical (unpaired) electrons. The average Bonchev–Trinajstić information content (AvgIpc) is 3.27. The van der Waals surface area contributed by atoms with Crippen LogP contribution in [0.3, 0.4) is 0 Å². The van der Waals surface area contributed by atoms with Gasteiger partial charge >= 0.3 is 0 Å². The van der Waals surface area contributed by atoms with Crippen LogP contribution in [0.1, 0.15) is 62.2 Å². The number of anilines is 2. The van der Waals surface area contributed by atoms with E-state index >= 15 is 0 Å². The largest absolute Gasteiger partial charge is 0.378 e. The number of ether oxygens (including phenoxy) is 1. The molecule has 3 heterocycles. The van der Waals surface area contributed by atoms with Crippen LogP contribution in [0.5, 0.6) is 0 Å². The molecule has 2 aliphatic heterocycles. The molecule has 1 saturated carbocycles. The van der Waals surface area contributed by atoms with E-state index in [-0.39, 0.29) is 6.10 Å². The van der Waals surface area contributed by atoms with Crippen molar-refractivity contribution < 1.29 is 4.74 Å². The van der Waals surface area contributed by atoms with Crippen molar-refractivity contribution in [1.29, 1.82) is 0 Å². The molecule has 156 valence electrons. The first kappa shape index (κ1) is 18.3. The van der Waals surface area contributed by atoms with E-state index in [9.17, 15) is 0 Å². The number of nitrogens with zero attached hydrogens (tertiary/aromatic N) is 2. The van der Waals surface area contributed by atoms with Gasteiger partial charge in [0.05, 0.1) is 29.2 Å². The molecule has 3 aliphatic rings. The Morgan fingerprint density at radius 3 is 2.77 bits per heavy atom. The molecule has 1 aliphatic carbocycles. The number of hydrogen-bond donors (Lipinski definition) is 2. The summed E-state index contributed by atoms with van der Waals surface area (Å²) in [5, 5.41) is 12.9. The Morgan fingerprint density at radius 2 is 1.90 bits per heavy atom. The molecule has 1 unspecified atom stereocenters. The number of rotatable bonds is 3. The molecule has 1 aromatic heterocycles. The summed E-state index contributed by atoms with van der Waals surface area (Å²) in [6, 6.07) is 14.3. The number of aromatic nitrogens is 2. The fourth-order valence-electron chi connectivity index (χ4n) is 5.77. The highest BCUT2D eigenvalue weighted by molar-refractivity contribution is 5.95. The van der Waals surface area contributed by atoms with E-state index in [1.807, 2.05) is 6.20 Å². The molecule has 5 heteroatoms. The van der Waals surface area contributed by atoms with E-state index in [1.165, 1.54) is 60.0 Å². The van der Waals surface area contributed by atoms with E-state index in [4.69, 9.17) is 4.74 Å². The summed E-state index contributed by atoms with van der Waals surface area (Å²) in [6.45, 7) is 1.80. The second-order valence-corrected chi connectivity index (χ2v) is 9.09. The van der Waals surface area contributed by atoms with Crippen LogP contribution in [0.15, 0.2) is 42.6 Å². The minimum absolute atomic E-state index is 0.142. The Hall–Kier alpha value is -2.53. The number of aromatic amines is 1. The van der Waals surface area contributed by atoms with Crippen LogP contribution >= 0.6 is 0 Å². The molecule has 30 heavy (non-hydrogen) atoms.